The number of sulfonamides is 1. The van der Waals surface area contributed by atoms with E-state index >= 15 is 0 Å². The SMILES string of the molecule is O=C(CCNS(=O)(=O)c1ccccc1C(F)(F)F)OCCCOc1ccc(F)cc1. The Balaban J connectivity index is 1.72. The summed E-state index contributed by atoms with van der Waals surface area (Å²) in [7, 11) is -4.46. The van der Waals surface area contributed by atoms with Crippen LogP contribution in [-0.4, -0.2) is 34.1 Å². The Hall–Kier alpha value is -2.66. The molecule has 2 aromatic rings. The fraction of sp³-hybridized carbons (Fsp3) is 0.316. The number of benzene rings is 2. The Morgan fingerprint density at radius 3 is 2.33 bits per heavy atom. The lowest BCUT2D eigenvalue weighted by Crippen LogP contribution is -2.28. The molecular weight excluding hydrogens is 430 g/mol. The van der Waals surface area contributed by atoms with Gasteiger partial charge in [0.25, 0.3) is 0 Å². The van der Waals surface area contributed by atoms with Crippen molar-refractivity contribution in [1.82, 2.24) is 4.72 Å². The molecule has 0 heterocycles. The molecule has 0 unspecified atom stereocenters. The summed E-state index contributed by atoms with van der Waals surface area (Å²) in [5, 5.41) is 0. The standard InChI is InChI=1S/C19H19F4NO5S/c20-14-6-8-15(9-7-14)28-12-3-13-29-18(25)10-11-24-30(26,27)17-5-2-1-4-16(17)19(21,22)23/h1-2,4-9,24H,3,10-13H2. The Labute approximate surface area is 170 Å². The lowest BCUT2D eigenvalue weighted by molar-refractivity contribution is -0.143. The zero-order valence-corrected chi connectivity index (χ0v) is 16.4. The quantitative estimate of drug-likeness (QED) is 0.341. The summed E-state index contributed by atoms with van der Waals surface area (Å²) in [4.78, 5) is 10.7. The van der Waals surface area contributed by atoms with Crippen LogP contribution in [0.2, 0.25) is 0 Å². The number of nitrogens with one attached hydrogen (secondary N) is 1. The van der Waals surface area contributed by atoms with Crippen LogP contribution in [0.1, 0.15) is 18.4 Å². The number of rotatable bonds is 10. The first-order valence-electron chi connectivity index (χ1n) is 8.79. The van der Waals surface area contributed by atoms with E-state index in [4.69, 9.17) is 9.47 Å². The van der Waals surface area contributed by atoms with Gasteiger partial charge in [0.15, 0.2) is 0 Å². The molecule has 2 rings (SSSR count). The van der Waals surface area contributed by atoms with E-state index in [0.717, 1.165) is 12.1 Å². The van der Waals surface area contributed by atoms with E-state index < -0.39 is 45.0 Å². The van der Waals surface area contributed by atoms with Crippen molar-refractivity contribution < 1.29 is 40.2 Å². The predicted molar refractivity (Wildman–Crippen MR) is 98.7 cm³/mol. The molecule has 164 valence electrons. The van der Waals surface area contributed by atoms with Crippen molar-refractivity contribution in [3.8, 4) is 5.75 Å². The number of esters is 1. The van der Waals surface area contributed by atoms with Gasteiger partial charge in [-0.1, -0.05) is 12.1 Å². The van der Waals surface area contributed by atoms with Crippen LogP contribution in [0, 0.1) is 5.82 Å². The van der Waals surface area contributed by atoms with E-state index in [0.29, 0.717) is 18.2 Å². The first kappa shape index (κ1) is 23.6. The summed E-state index contributed by atoms with van der Waals surface area (Å²) >= 11 is 0. The van der Waals surface area contributed by atoms with Gasteiger partial charge in [-0.3, -0.25) is 4.79 Å². The van der Waals surface area contributed by atoms with E-state index in [1.54, 1.807) is 0 Å². The normalized spacial score (nSPS) is 11.9. The molecule has 2 aromatic carbocycles. The zero-order valence-electron chi connectivity index (χ0n) is 15.6. The van der Waals surface area contributed by atoms with Gasteiger partial charge in [-0.2, -0.15) is 13.2 Å². The molecule has 0 saturated heterocycles. The minimum atomic E-state index is -4.83. The molecule has 11 heteroatoms. The average Bonchev–Trinajstić information content (AvgIpc) is 2.68. The van der Waals surface area contributed by atoms with Crippen molar-refractivity contribution in [1.29, 1.82) is 0 Å². The fourth-order valence-electron chi connectivity index (χ4n) is 2.34. The number of hydrogen-bond donors (Lipinski definition) is 1. The van der Waals surface area contributed by atoms with Gasteiger partial charge in [-0.15, -0.1) is 0 Å². The van der Waals surface area contributed by atoms with Gasteiger partial charge in [0.1, 0.15) is 11.6 Å². The van der Waals surface area contributed by atoms with Crippen LogP contribution in [0.15, 0.2) is 53.4 Å². The lowest BCUT2D eigenvalue weighted by Gasteiger charge is -2.13. The Kier molecular flexibility index (Phi) is 8.18. The van der Waals surface area contributed by atoms with E-state index in [1.165, 1.54) is 30.3 Å². The summed E-state index contributed by atoms with van der Waals surface area (Å²) in [6.45, 7) is -0.205. The number of ether oxygens (including phenoxy) is 2. The maximum absolute atomic E-state index is 13.0. The van der Waals surface area contributed by atoms with Crippen LogP contribution >= 0.6 is 0 Å². The third-order valence-electron chi connectivity index (χ3n) is 3.74. The second-order valence-corrected chi connectivity index (χ2v) is 7.75. The molecule has 0 amide bonds. The highest BCUT2D eigenvalue weighted by atomic mass is 32.2. The van der Waals surface area contributed by atoms with E-state index in [2.05, 4.69) is 0 Å². The third kappa shape index (κ3) is 7.30. The molecular formula is C19H19F4NO5S. The van der Waals surface area contributed by atoms with E-state index in [1.807, 2.05) is 4.72 Å². The molecule has 0 radical (unpaired) electrons. The van der Waals surface area contributed by atoms with Crippen LogP contribution in [0.5, 0.6) is 5.75 Å². The van der Waals surface area contributed by atoms with Crippen LogP contribution < -0.4 is 9.46 Å². The second-order valence-electron chi connectivity index (χ2n) is 6.02. The number of hydrogen-bond acceptors (Lipinski definition) is 5. The average molecular weight is 449 g/mol. The zero-order chi connectivity index (χ0) is 22.2. The molecule has 30 heavy (non-hydrogen) atoms. The van der Waals surface area contributed by atoms with E-state index in [-0.39, 0.29) is 19.6 Å². The molecule has 0 atom stereocenters. The first-order valence-corrected chi connectivity index (χ1v) is 10.3. The summed E-state index contributed by atoms with van der Waals surface area (Å²) < 4.78 is 88.1. The van der Waals surface area contributed by atoms with E-state index in [9.17, 15) is 30.8 Å². The molecule has 0 aliphatic rings. The van der Waals surface area contributed by atoms with Gasteiger partial charge >= 0.3 is 12.1 Å². The smallest absolute Gasteiger partial charge is 0.417 e. The fourth-order valence-corrected chi connectivity index (χ4v) is 3.60. The maximum atomic E-state index is 13.0. The van der Waals surface area contributed by atoms with Gasteiger partial charge in [-0.25, -0.2) is 17.5 Å². The second kappa shape index (κ2) is 10.4. The van der Waals surface area contributed by atoms with Crippen molar-refractivity contribution >= 4 is 16.0 Å². The van der Waals surface area contributed by atoms with Gasteiger partial charge in [0.2, 0.25) is 10.0 Å². The van der Waals surface area contributed by atoms with Gasteiger partial charge in [0, 0.05) is 13.0 Å². The molecule has 0 aliphatic heterocycles. The first-order chi connectivity index (χ1) is 14.1. The maximum Gasteiger partial charge on any atom is 0.417 e. The van der Waals surface area contributed by atoms with Crippen molar-refractivity contribution in [3.63, 3.8) is 0 Å². The topological polar surface area (TPSA) is 81.7 Å². The van der Waals surface area contributed by atoms with Crippen LogP contribution in [0.3, 0.4) is 0 Å². The highest BCUT2D eigenvalue weighted by Gasteiger charge is 2.36. The molecule has 0 bridgehead atoms. The molecule has 0 aromatic heterocycles. The largest absolute Gasteiger partial charge is 0.493 e. The number of carbonyl (C=O) groups excluding carboxylic acids is 1. The highest BCUT2D eigenvalue weighted by molar-refractivity contribution is 7.89. The molecule has 0 spiro atoms. The number of halogens is 4. The van der Waals surface area contributed by atoms with Gasteiger partial charge in [-0.05, 0) is 36.4 Å². The van der Waals surface area contributed by atoms with Gasteiger partial charge < -0.3 is 9.47 Å². The predicted octanol–water partition coefficient (Wildman–Crippen LogP) is 3.53. The minimum Gasteiger partial charge on any atom is -0.493 e. The van der Waals surface area contributed by atoms with Gasteiger partial charge in [0.05, 0.1) is 30.1 Å². The summed E-state index contributed by atoms with van der Waals surface area (Å²) in [6.07, 6.45) is -4.85. The summed E-state index contributed by atoms with van der Waals surface area (Å²) in [5.74, 6) is -0.659. The highest BCUT2D eigenvalue weighted by Crippen LogP contribution is 2.33. The molecule has 1 N–H and O–H groups in total. The molecule has 6 nitrogen and oxygen atoms in total. The van der Waals surface area contributed by atoms with Crippen molar-refractivity contribution in [3.05, 3.63) is 59.9 Å². The van der Waals surface area contributed by atoms with Crippen molar-refractivity contribution in [2.75, 3.05) is 19.8 Å². The monoisotopic (exact) mass is 449 g/mol. The Morgan fingerprint density at radius 2 is 1.67 bits per heavy atom. The Morgan fingerprint density at radius 1 is 1.00 bits per heavy atom. The minimum absolute atomic E-state index is 0.00366. The van der Waals surface area contributed by atoms with Crippen molar-refractivity contribution in [2.24, 2.45) is 0 Å². The van der Waals surface area contributed by atoms with Crippen LogP contribution in [-0.2, 0) is 25.7 Å². The molecule has 0 aliphatic carbocycles. The molecule has 0 fully saturated rings. The molecule has 0 saturated carbocycles. The van der Waals surface area contributed by atoms with Crippen LogP contribution in [0.25, 0.3) is 0 Å². The van der Waals surface area contributed by atoms with Crippen molar-refractivity contribution in [2.45, 2.75) is 23.9 Å². The third-order valence-corrected chi connectivity index (χ3v) is 5.26. The lowest BCUT2D eigenvalue weighted by atomic mass is 10.2. The Bertz CT molecular complexity index is 946. The summed E-state index contributed by atoms with van der Waals surface area (Å²) in [6, 6.07) is 9.13. The summed E-state index contributed by atoms with van der Waals surface area (Å²) in [5.41, 5.74) is -1.29. The van der Waals surface area contributed by atoms with Crippen LogP contribution in [0.4, 0.5) is 17.6 Å². The number of alkyl halides is 3. The number of carbonyl (C=O) groups is 1.